The van der Waals surface area contributed by atoms with Crippen molar-refractivity contribution in [2.75, 3.05) is 12.4 Å². The number of amides is 1. The number of rotatable bonds is 4. The van der Waals surface area contributed by atoms with Crippen molar-refractivity contribution in [3.63, 3.8) is 0 Å². The van der Waals surface area contributed by atoms with E-state index in [2.05, 4.69) is 0 Å². The van der Waals surface area contributed by atoms with Crippen LogP contribution in [-0.2, 0) is 0 Å². The van der Waals surface area contributed by atoms with Gasteiger partial charge in [0.05, 0.1) is 0 Å². The third-order valence-corrected chi connectivity index (χ3v) is 3.83. The van der Waals surface area contributed by atoms with Gasteiger partial charge in [-0.15, -0.1) is 11.6 Å². The lowest BCUT2D eigenvalue weighted by atomic mass is 10.1. The van der Waals surface area contributed by atoms with Crippen molar-refractivity contribution in [1.29, 1.82) is 0 Å². The molecule has 1 aromatic carbocycles. The fourth-order valence-corrected chi connectivity index (χ4v) is 2.92. The quantitative estimate of drug-likeness (QED) is 0.767. The summed E-state index contributed by atoms with van der Waals surface area (Å²) in [6.07, 6.45) is 4.57. The van der Waals surface area contributed by atoms with Crippen molar-refractivity contribution < 1.29 is 4.79 Å². The molecular weight excluding hydrogens is 269 g/mol. The lowest BCUT2D eigenvalue weighted by Crippen LogP contribution is -2.40. The largest absolute Gasteiger partial charge is 0.334 e. The molecule has 4 heteroatoms. The highest BCUT2D eigenvalue weighted by molar-refractivity contribution is 6.31. The summed E-state index contributed by atoms with van der Waals surface area (Å²) in [5, 5.41) is 0.595. The summed E-state index contributed by atoms with van der Waals surface area (Å²) < 4.78 is 0. The van der Waals surface area contributed by atoms with Crippen LogP contribution in [0.15, 0.2) is 24.3 Å². The van der Waals surface area contributed by atoms with Crippen LogP contribution in [0.5, 0.6) is 0 Å². The minimum atomic E-state index is 0.0463. The first-order valence-corrected chi connectivity index (χ1v) is 7.26. The molecule has 1 fully saturated rings. The van der Waals surface area contributed by atoms with Crippen LogP contribution in [0.25, 0.3) is 0 Å². The second kappa shape index (κ2) is 6.44. The summed E-state index contributed by atoms with van der Waals surface area (Å²) in [6.45, 7) is 0.609. The molecule has 18 heavy (non-hydrogen) atoms. The van der Waals surface area contributed by atoms with Gasteiger partial charge in [-0.05, 0) is 31.0 Å². The first-order valence-electron chi connectivity index (χ1n) is 6.35. The Morgan fingerprint density at radius 3 is 2.67 bits per heavy atom. The molecule has 0 aromatic heterocycles. The van der Waals surface area contributed by atoms with Gasteiger partial charge in [-0.3, -0.25) is 4.79 Å². The molecule has 0 atom stereocenters. The zero-order chi connectivity index (χ0) is 13.0. The summed E-state index contributed by atoms with van der Waals surface area (Å²) in [6, 6.07) is 7.46. The molecule has 0 saturated heterocycles. The Morgan fingerprint density at radius 2 is 2.06 bits per heavy atom. The van der Waals surface area contributed by atoms with E-state index < -0.39 is 0 Å². The van der Waals surface area contributed by atoms with E-state index in [4.69, 9.17) is 23.2 Å². The second-order valence-corrected chi connectivity index (χ2v) is 5.45. The van der Waals surface area contributed by atoms with Gasteiger partial charge in [-0.2, -0.15) is 0 Å². The Morgan fingerprint density at radius 1 is 1.33 bits per heavy atom. The van der Waals surface area contributed by atoms with Crippen LogP contribution in [0.4, 0.5) is 0 Å². The molecule has 1 amide bonds. The van der Waals surface area contributed by atoms with E-state index in [0.717, 1.165) is 12.8 Å². The number of alkyl halides is 1. The van der Waals surface area contributed by atoms with Crippen LogP contribution in [-0.4, -0.2) is 29.3 Å². The fraction of sp³-hybridized carbons (Fsp3) is 0.500. The van der Waals surface area contributed by atoms with Crippen molar-refractivity contribution in [3.05, 3.63) is 34.9 Å². The van der Waals surface area contributed by atoms with E-state index in [9.17, 15) is 4.79 Å². The van der Waals surface area contributed by atoms with Crippen LogP contribution >= 0.6 is 23.2 Å². The number of benzene rings is 1. The standard InChI is InChI=1S/C14H17Cl2NO/c15-8-9-17(13-6-1-2-7-13)14(18)11-4-3-5-12(16)10-11/h3-5,10,13H,1-2,6-9H2. The SMILES string of the molecule is O=C(c1cccc(Cl)c1)N(CCCl)C1CCCC1. The van der Waals surface area contributed by atoms with Crippen LogP contribution in [0, 0.1) is 0 Å². The van der Waals surface area contributed by atoms with Crippen LogP contribution in [0.2, 0.25) is 5.02 Å². The molecule has 0 aliphatic heterocycles. The average molecular weight is 286 g/mol. The Bertz CT molecular complexity index is 416. The summed E-state index contributed by atoms with van der Waals surface area (Å²) in [7, 11) is 0. The van der Waals surface area contributed by atoms with Crippen LogP contribution in [0.3, 0.4) is 0 Å². The van der Waals surface area contributed by atoms with E-state index in [1.165, 1.54) is 12.8 Å². The minimum Gasteiger partial charge on any atom is -0.334 e. The Kier molecular flexibility index (Phi) is 4.90. The van der Waals surface area contributed by atoms with Gasteiger partial charge in [-0.1, -0.05) is 30.5 Å². The van der Waals surface area contributed by atoms with Crippen molar-refractivity contribution in [3.8, 4) is 0 Å². The smallest absolute Gasteiger partial charge is 0.254 e. The molecule has 98 valence electrons. The van der Waals surface area contributed by atoms with E-state index >= 15 is 0 Å². The monoisotopic (exact) mass is 285 g/mol. The molecule has 1 aromatic rings. The highest BCUT2D eigenvalue weighted by Gasteiger charge is 2.26. The number of hydrogen-bond acceptors (Lipinski definition) is 1. The fourth-order valence-electron chi connectivity index (χ4n) is 2.54. The molecule has 0 radical (unpaired) electrons. The maximum Gasteiger partial charge on any atom is 0.254 e. The van der Waals surface area contributed by atoms with Crippen molar-refractivity contribution >= 4 is 29.1 Å². The van der Waals surface area contributed by atoms with Gasteiger partial charge in [-0.25, -0.2) is 0 Å². The second-order valence-electron chi connectivity index (χ2n) is 4.64. The molecule has 0 bridgehead atoms. The number of nitrogens with zero attached hydrogens (tertiary/aromatic N) is 1. The predicted molar refractivity (Wildman–Crippen MR) is 75.5 cm³/mol. The Hall–Kier alpha value is -0.730. The molecule has 1 saturated carbocycles. The van der Waals surface area contributed by atoms with Gasteiger partial charge < -0.3 is 4.90 Å². The summed E-state index contributed by atoms with van der Waals surface area (Å²) in [4.78, 5) is 14.4. The topological polar surface area (TPSA) is 20.3 Å². The molecule has 0 unspecified atom stereocenters. The van der Waals surface area contributed by atoms with Gasteiger partial charge in [0.2, 0.25) is 0 Å². The third-order valence-electron chi connectivity index (χ3n) is 3.42. The summed E-state index contributed by atoms with van der Waals surface area (Å²) >= 11 is 11.8. The zero-order valence-corrected chi connectivity index (χ0v) is 11.8. The maximum absolute atomic E-state index is 12.5. The highest BCUT2D eigenvalue weighted by Crippen LogP contribution is 2.25. The van der Waals surface area contributed by atoms with Gasteiger partial charge in [0.1, 0.15) is 0 Å². The van der Waals surface area contributed by atoms with Crippen molar-refractivity contribution in [1.82, 2.24) is 4.90 Å². The molecule has 0 N–H and O–H groups in total. The predicted octanol–water partition coefficient (Wildman–Crippen LogP) is 3.96. The van der Waals surface area contributed by atoms with Gasteiger partial charge >= 0.3 is 0 Å². The van der Waals surface area contributed by atoms with Gasteiger partial charge in [0, 0.05) is 29.1 Å². The lowest BCUT2D eigenvalue weighted by Gasteiger charge is -2.28. The molecule has 2 rings (SSSR count). The lowest BCUT2D eigenvalue weighted by molar-refractivity contribution is 0.0695. The van der Waals surface area contributed by atoms with Gasteiger partial charge in [0.15, 0.2) is 0 Å². The van der Waals surface area contributed by atoms with Crippen molar-refractivity contribution in [2.24, 2.45) is 0 Å². The zero-order valence-electron chi connectivity index (χ0n) is 10.2. The minimum absolute atomic E-state index is 0.0463. The number of carbonyl (C=O) groups is 1. The van der Waals surface area contributed by atoms with E-state index in [1.54, 1.807) is 12.1 Å². The third kappa shape index (κ3) is 3.18. The normalized spacial score (nSPS) is 15.9. The Balaban J connectivity index is 2.17. The highest BCUT2D eigenvalue weighted by atomic mass is 35.5. The van der Waals surface area contributed by atoms with E-state index in [-0.39, 0.29) is 5.91 Å². The van der Waals surface area contributed by atoms with Crippen LogP contribution in [0.1, 0.15) is 36.0 Å². The molecule has 1 aliphatic rings. The average Bonchev–Trinajstić information content (AvgIpc) is 2.89. The molecule has 0 heterocycles. The number of halogens is 2. The first-order chi connectivity index (χ1) is 8.72. The first kappa shape index (κ1) is 13.7. The van der Waals surface area contributed by atoms with Gasteiger partial charge in [0.25, 0.3) is 5.91 Å². The van der Waals surface area contributed by atoms with Crippen molar-refractivity contribution in [2.45, 2.75) is 31.7 Å². The van der Waals surface area contributed by atoms with Crippen LogP contribution < -0.4 is 0 Å². The summed E-state index contributed by atoms with van der Waals surface area (Å²) in [5.74, 6) is 0.521. The molecular formula is C14H17Cl2NO. The Labute approximate surface area is 118 Å². The molecule has 0 spiro atoms. The number of carbonyl (C=O) groups excluding carboxylic acids is 1. The van der Waals surface area contributed by atoms with E-state index in [1.807, 2.05) is 17.0 Å². The summed E-state index contributed by atoms with van der Waals surface area (Å²) in [5.41, 5.74) is 0.652. The molecule has 2 nitrogen and oxygen atoms in total. The molecule has 1 aliphatic carbocycles. The van der Waals surface area contributed by atoms with E-state index in [0.29, 0.717) is 29.1 Å². The maximum atomic E-state index is 12.5. The number of hydrogen-bond donors (Lipinski definition) is 0.